The van der Waals surface area contributed by atoms with Gasteiger partial charge in [0.2, 0.25) is 0 Å². The maximum absolute atomic E-state index is 12.7. The Morgan fingerprint density at radius 3 is 2.47 bits per heavy atom. The van der Waals surface area contributed by atoms with E-state index in [0.29, 0.717) is 0 Å². The van der Waals surface area contributed by atoms with Crippen LogP contribution in [0.15, 0.2) is 16.6 Å². The molecule has 0 fully saturated rings. The van der Waals surface area contributed by atoms with Gasteiger partial charge in [-0.1, -0.05) is 6.07 Å². The average molecular weight is 308 g/mol. The summed E-state index contributed by atoms with van der Waals surface area (Å²) in [6.45, 7) is 0. The summed E-state index contributed by atoms with van der Waals surface area (Å²) in [5, 5.41) is 17.1. The summed E-state index contributed by atoms with van der Waals surface area (Å²) in [7, 11) is 0. The molecule has 1 N–H and O–H groups in total. The SMILES string of the molecule is N#Cc1ccc(CC(=O)O)c(Br)c1C(F)(F)F. The molecule has 7 heteroatoms. The van der Waals surface area contributed by atoms with Gasteiger partial charge in [-0.3, -0.25) is 4.79 Å². The number of nitriles is 1. The normalized spacial score (nSPS) is 11.0. The van der Waals surface area contributed by atoms with Gasteiger partial charge in [0.05, 0.1) is 23.6 Å². The Kier molecular flexibility index (Phi) is 3.78. The molecule has 0 aliphatic heterocycles. The molecule has 0 aliphatic carbocycles. The van der Waals surface area contributed by atoms with Gasteiger partial charge in [-0.25, -0.2) is 0 Å². The first-order valence-electron chi connectivity index (χ1n) is 4.28. The molecule has 1 aromatic rings. The van der Waals surface area contributed by atoms with Crippen molar-refractivity contribution in [2.75, 3.05) is 0 Å². The van der Waals surface area contributed by atoms with E-state index in [4.69, 9.17) is 10.4 Å². The zero-order chi connectivity index (χ0) is 13.2. The second kappa shape index (κ2) is 4.75. The van der Waals surface area contributed by atoms with E-state index in [1.165, 1.54) is 12.1 Å². The molecule has 0 saturated heterocycles. The molecule has 0 bridgehead atoms. The third kappa shape index (κ3) is 2.97. The molecule has 0 radical (unpaired) electrons. The fraction of sp³-hybridized carbons (Fsp3) is 0.200. The van der Waals surface area contributed by atoms with E-state index >= 15 is 0 Å². The summed E-state index contributed by atoms with van der Waals surface area (Å²) in [6, 6.07) is 3.58. The minimum Gasteiger partial charge on any atom is -0.481 e. The number of hydrogen-bond donors (Lipinski definition) is 1. The monoisotopic (exact) mass is 307 g/mol. The van der Waals surface area contributed by atoms with Crippen molar-refractivity contribution in [2.24, 2.45) is 0 Å². The molecule has 17 heavy (non-hydrogen) atoms. The van der Waals surface area contributed by atoms with Crippen LogP contribution in [0, 0.1) is 11.3 Å². The minimum absolute atomic E-state index is 0.0242. The van der Waals surface area contributed by atoms with Crippen molar-refractivity contribution < 1.29 is 23.1 Å². The van der Waals surface area contributed by atoms with Gasteiger partial charge in [0.1, 0.15) is 0 Å². The quantitative estimate of drug-likeness (QED) is 0.913. The van der Waals surface area contributed by atoms with E-state index in [1.807, 2.05) is 0 Å². The lowest BCUT2D eigenvalue weighted by Gasteiger charge is -2.13. The van der Waals surface area contributed by atoms with Crippen LogP contribution in [-0.4, -0.2) is 11.1 Å². The van der Waals surface area contributed by atoms with Crippen molar-refractivity contribution in [1.29, 1.82) is 5.26 Å². The van der Waals surface area contributed by atoms with Crippen LogP contribution in [-0.2, 0) is 17.4 Å². The Morgan fingerprint density at radius 1 is 1.47 bits per heavy atom. The Labute approximate surface area is 103 Å². The summed E-state index contributed by atoms with van der Waals surface area (Å²) in [5.41, 5.74) is -1.71. The Morgan fingerprint density at radius 2 is 2.06 bits per heavy atom. The first kappa shape index (κ1) is 13.5. The molecule has 0 unspecified atom stereocenters. The van der Waals surface area contributed by atoms with Crippen LogP contribution in [0.1, 0.15) is 16.7 Å². The number of alkyl halides is 3. The molecule has 0 saturated carbocycles. The third-order valence-electron chi connectivity index (χ3n) is 1.97. The van der Waals surface area contributed by atoms with Crippen molar-refractivity contribution in [2.45, 2.75) is 12.6 Å². The number of benzene rings is 1. The van der Waals surface area contributed by atoms with Crippen molar-refractivity contribution in [3.05, 3.63) is 33.3 Å². The minimum atomic E-state index is -4.71. The Balaban J connectivity index is 3.44. The number of aliphatic carboxylic acids is 1. The first-order valence-corrected chi connectivity index (χ1v) is 5.07. The fourth-order valence-electron chi connectivity index (χ4n) is 1.29. The molecular formula is C10H5BrF3NO2. The molecule has 3 nitrogen and oxygen atoms in total. The lowest BCUT2D eigenvalue weighted by molar-refractivity contribution is -0.139. The Bertz CT molecular complexity index is 505. The molecule has 0 amide bonds. The van der Waals surface area contributed by atoms with Gasteiger partial charge >= 0.3 is 12.1 Å². The predicted octanol–water partition coefficient (Wildman–Crippen LogP) is 2.97. The van der Waals surface area contributed by atoms with Crippen molar-refractivity contribution in [3.8, 4) is 6.07 Å². The zero-order valence-electron chi connectivity index (χ0n) is 8.18. The molecule has 0 atom stereocenters. The highest BCUT2D eigenvalue weighted by molar-refractivity contribution is 9.10. The smallest absolute Gasteiger partial charge is 0.418 e. The van der Waals surface area contributed by atoms with E-state index < -0.39 is 34.2 Å². The molecule has 0 heterocycles. The fourth-order valence-corrected chi connectivity index (χ4v) is 2.00. The number of carboxylic acids is 1. The highest BCUT2D eigenvalue weighted by atomic mass is 79.9. The molecule has 0 spiro atoms. The molecule has 90 valence electrons. The summed E-state index contributed by atoms with van der Waals surface area (Å²) in [4.78, 5) is 10.5. The summed E-state index contributed by atoms with van der Waals surface area (Å²) < 4.78 is 37.7. The second-order valence-corrected chi connectivity index (χ2v) is 3.93. The first-order chi connectivity index (χ1) is 7.77. The van der Waals surface area contributed by atoms with Crippen molar-refractivity contribution in [3.63, 3.8) is 0 Å². The maximum atomic E-state index is 12.7. The van der Waals surface area contributed by atoms with E-state index in [9.17, 15) is 18.0 Å². The lowest BCUT2D eigenvalue weighted by Crippen LogP contribution is -2.12. The van der Waals surface area contributed by atoms with Crippen LogP contribution in [0.25, 0.3) is 0 Å². The van der Waals surface area contributed by atoms with E-state index in [-0.39, 0.29) is 5.56 Å². The lowest BCUT2D eigenvalue weighted by atomic mass is 10.0. The number of nitrogens with zero attached hydrogens (tertiary/aromatic N) is 1. The van der Waals surface area contributed by atoms with Gasteiger partial charge in [0.25, 0.3) is 0 Å². The summed E-state index contributed by atoms with van der Waals surface area (Å²) >= 11 is 2.70. The van der Waals surface area contributed by atoms with E-state index in [1.54, 1.807) is 0 Å². The summed E-state index contributed by atoms with van der Waals surface area (Å²) in [6.07, 6.45) is -5.26. The van der Waals surface area contributed by atoms with Crippen LogP contribution in [0.5, 0.6) is 0 Å². The van der Waals surface area contributed by atoms with Gasteiger partial charge in [-0.05, 0) is 27.6 Å². The number of carboxylic acid groups (broad SMARTS) is 1. The van der Waals surface area contributed by atoms with Crippen LogP contribution >= 0.6 is 15.9 Å². The van der Waals surface area contributed by atoms with Crippen LogP contribution in [0.4, 0.5) is 13.2 Å². The number of hydrogen-bond acceptors (Lipinski definition) is 2. The molecular weight excluding hydrogens is 303 g/mol. The van der Waals surface area contributed by atoms with Gasteiger partial charge in [-0.2, -0.15) is 18.4 Å². The summed E-state index contributed by atoms with van der Waals surface area (Å²) in [5.74, 6) is -1.25. The average Bonchev–Trinajstić information content (AvgIpc) is 2.18. The standard InChI is InChI=1S/C10H5BrF3NO2/c11-9-5(3-7(16)17)1-2-6(4-15)8(9)10(12,13)14/h1-2H,3H2,(H,16,17). The predicted molar refractivity (Wildman–Crippen MR) is 55.2 cm³/mol. The van der Waals surface area contributed by atoms with Crippen LogP contribution in [0.2, 0.25) is 0 Å². The number of rotatable bonds is 2. The van der Waals surface area contributed by atoms with Gasteiger partial charge in [0, 0.05) is 4.47 Å². The highest BCUT2D eigenvalue weighted by Gasteiger charge is 2.37. The van der Waals surface area contributed by atoms with E-state index in [0.717, 1.165) is 6.07 Å². The van der Waals surface area contributed by atoms with Crippen molar-refractivity contribution >= 4 is 21.9 Å². The second-order valence-electron chi connectivity index (χ2n) is 3.14. The maximum Gasteiger partial charge on any atom is 0.418 e. The third-order valence-corrected chi connectivity index (χ3v) is 2.87. The molecule has 1 aromatic carbocycles. The molecule has 1 rings (SSSR count). The van der Waals surface area contributed by atoms with Crippen molar-refractivity contribution in [1.82, 2.24) is 0 Å². The largest absolute Gasteiger partial charge is 0.481 e. The van der Waals surface area contributed by atoms with Crippen LogP contribution in [0.3, 0.4) is 0 Å². The van der Waals surface area contributed by atoms with Gasteiger partial charge < -0.3 is 5.11 Å². The zero-order valence-corrected chi connectivity index (χ0v) is 9.76. The Hall–Kier alpha value is -1.55. The highest BCUT2D eigenvalue weighted by Crippen LogP contribution is 2.39. The molecule has 0 aliphatic rings. The van der Waals surface area contributed by atoms with Gasteiger partial charge in [-0.15, -0.1) is 0 Å². The number of carbonyl (C=O) groups is 1. The van der Waals surface area contributed by atoms with E-state index in [2.05, 4.69) is 15.9 Å². The van der Waals surface area contributed by atoms with Crippen LogP contribution < -0.4 is 0 Å². The number of halogens is 4. The molecule has 0 aromatic heterocycles. The van der Waals surface area contributed by atoms with Gasteiger partial charge in [0.15, 0.2) is 0 Å². The topological polar surface area (TPSA) is 61.1 Å².